The van der Waals surface area contributed by atoms with E-state index in [-0.39, 0.29) is 27.3 Å². The molecule has 2 N–H and O–H groups in total. The number of rotatable bonds is 4. The van der Waals surface area contributed by atoms with Crippen molar-refractivity contribution in [3.05, 3.63) is 47.1 Å². The zero-order valence-corrected chi connectivity index (χ0v) is 15.5. The first-order valence-electron chi connectivity index (χ1n) is 6.16. The molecule has 1 aromatic heterocycles. The van der Waals surface area contributed by atoms with Gasteiger partial charge in [-0.15, -0.1) is 0 Å². The molecule has 2 atom stereocenters. The first-order valence-corrected chi connectivity index (χ1v) is 8.67. The van der Waals surface area contributed by atoms with E-state index in [0.29, 0.717) is 12.2 Å². The van der Waals surface area contributed by atoms with Crippen molar-refractivity contribution >= 4 is 31.6 Å². The van der Waals surface area contributed by atoms with E-state index in [1.165, 1.54) is 16.8 Å². The summed E-state index contributed by atoms with van der Waals surface area (Å²) in [5, 5.41) is -1.23. The SMILES string of the molecule is Nc1cccc[n+]1CS(=O)(=O)C1C=C[C@@](F)(C(F)F)C=C1Br.[Br-]. The number of aromatic nitrogens is 1. The Hall–Kier alpha value is -0.870. The zero-order chi connectivity index (χ0) is 16.5. The van der Waals surface area contributed by atoms with E-state index in [1.807, 2.05) is 0 Å². The summed E-state index contributed by atoms with van der Waals surface area (Å²) in [6.45, 7) is 0. The fourth-order valence-electron chi connectivity index (χ4n) is 1.98. The van der Waals surface area contributed by atoms with Crippen molar-refractivity contribution in [2.75, 3.05) is 5.73 Å². The third kappa shape index (κ3) is 4.36. The molecule has 1 heterocycles. The minimum atomic E-state index is -3.81. The molecule has 10 heteroatoms. The summed E-state index contributed by atoms with van der Waals surface area (Å²) in [5.41, 5.74) is 2.70. The van der Waals surface area contributed by atoms with Gasteiger partial charge < -0.3 is 17.0 Å². The molecule has 0 amide bonds. The first-order chi connectivity index (χ1) is 10.2. The number of anilines is 1. The zero-order valence-electron chi connectivity index (χ0n) is 11.5. The van der Waals surface area contributed by atoms with Crippen molar-refractivity contribution in [3.8, 4) is 0 Å². The molecule has 0 aliphatic heterocycles. The molecule has 1 aliphatic carbocycles. The van der Waals surface area contributed by atoms with Crippen LogP contribution in [0.15, 0.2) is 47.1 Å². The average Bonchev–Trinajstić information content (AvgIpc) is 2.40. The lowest BCUT2D eigenvalue weighted by atomic mass is 10.0. The predicted molar refractivity (Wildman–Crippen MR) is 79.8 cm³/mol. The number of halogens is 5. The minimum absolute atomic E-state index is 0. The van der Waals surface area contributed by atoms with Crippen molar-refractivity contribution in [2.24, 2.45) is 0 Å². The van der Waals surface area contributed by atoms with Crippen LogP contribution in [0.25, 0.3) is 0 Å². The third-order valence-corrected chi connectivity index (χ3v) is 6.02. The lowest BCUT2D eigenvalue weighted by molar-refractivity contribution is -0.662. The quantitative estimate of drug-likeness (QED) is 0.452. The molecule has 2 rings (SSSR count). The van der Waals surface area contributed by atoms with Crippen molar-refractivity contribution in [1.82, 2.24) is 0 Å². The molecule has 4 nitrogen and oxygen atoms in total. The van der Waals surface area contributed by atoms with Gasteiger partial charge in [0, 0.05) is 10.5 Å². The van der Waals surface area contributed by atoms with Gasteiger partial charge in [-0.25, -0.2) is 26.2 Å². The molecule has 0 bridgehead atoms. The summed E-state index contributed by atoms with van der Waals surface area (Å²) in [7, 11) is -3.81. The largest absolute Gasteiger partial charge is 1.00 e. The van der Waals surface area contributed by atoms with Gasteiger partial charge in [-0.2, -0.15) is 0 Å². The molecule has 128 valence electrons. The number of nitrogens with two attached hydrogens (primary N) is 1. The van der Waals surface area contributed by atoms with Crippen molar-refractivity contribution in [1.29, 1.82) is 0 Å². The molecule has 0 fully saturated rings. The predicted octanol–water partition coefficient (Wildman–Crippen LogP) is -0.877. The monoisotopic (exact) mass is 476 g/mol. The van der Waals surface area contributed by atoms with Crippen LogP contribution < -0.4 is 27.3 Å². The second-order valence-corrected chi connectivity index (χ2v) is 7.83. The maximum absolute atomic E-state index is 13.8. The molecule has 0 saturated carbocycles. The van der Waals surface area contributed by atoms with E-state index in [9.17, 15) is 21.6 Å². The molecule has 0 aromatic carbocycles. The summed E-state index contributed by atoms with van der Waals surface area (Å²) >= 11 is 2.88. The van der Waals surface area contributed by atoms with E-state index < -0.39 is 33.1 Å². The van der Waals surface area contributed by atoms with Gasteiger partial charge >= 0.3 is 0 Å². The third-order valence-electron chi connectivity index (χ3n) is 3.17. The lowest BCUT2D eigenvalue weighted by Crippen LogP contribution is -3.00. The highest BCUT2D eigenvalue weighted by Gasteiger charge is 2.42. The molecule has 1 aliphatic rings. The molecule has 0 spiro atoms. The van der Waals surface area contributed by atoms with Crippen LogP contribution >= 0.6 is 15.9 Å². The second-order valence-electron chi connectivity index (χ2n) is 4.82. The highest BCUT2D eigenvalue weighted by atomic mass is 79.9. The maximum Gasteiger partial charge on any atom is 0.279 e. The molecule has 23 heavy (non-hydrogen) atoms. The van der Waals surface area contributed by atoms with Gasteiger partial charge in [0.25, 0.3) is 12.2 Å². The number of hydrogen-bond donors (Lipinski definition) is 1. The van der Waals surface area contributed by atoms with Gasteiger partial charge in [0.1, 0.15) is 5.25 Å². The standard InChI is InChI=1S/C13H12BrF3N2O2S.BrH/c14-9-7-13(17,12(15)16)5-4-10(9)22(20,21)8-19-6-2-1-3-11(19)18;/h1-7,10,12,18H,8H2;1H/t10?,13-;/m0./s1. The fourth-order valence-corrected chi connectivity index (χ4v) is 4.85. The van der Waals surface area contributed by atoms with Gasteiger partial charge in [-0.05, 0) is 18.2 Å². The van der Waals surface area contributed by atoms with Crippen molar-refractivity contribution in [2.45, 2.75) is 23.2 Å². The topological polar surface area (TPSA) is 64.0 Å². The van der Waals surface area contributed by atoms with E-state index in [4.69, 9.17) is 5.73 Å². The minimum Gasteiger partial charge on any atom is -1.00 e. The Morgan fingerprint density at radius 2 is 2.04 bits per heavy atom. The number of pyridine rings is 1. The molecular weight excluding hydrogens is 465 g/mol. The molecule has 1 unspecified atom stereocenters. The van der Waals surface area contributed by atoms with Crippen LogP contribution in [-0.2, 0) is 15.7 Å². The number of nitrogen functional groups attached to an aromatic ring is 1. The van der Waals surface area contributed by atoms with Crippen LogP contribution in [0.4, 0.5) is 19.0 Å². The van der Waals surface area contributed by atoms with E-state index >= 15 is 0 Å². The van der Waals surface area contributed by atoms with Gasteiger partial charge in [0.15, 0.2) is 15.7 Å². The Balaban J connectivity index is 0.00000264. The fraction of sp³-hybridized carbons (Fsp3) is 0.308. The number of nitrogens with zero attached hydrogens (tertiary/aromatic N) is 1. The summed E-state index contributed by atoms with van der Waals surface area (Å²) < 4.78 is 65.0. The van der Waals surface area contributed by atoms with Crippen molar-refractivity contribution in [3.63, 3.8) is 0 Å². The van der Waals surface area contributed by atoms with E-state index in [0.717, 1.165) is 6.08 Å². The van der Waals surface area contributed by atoms with E-state index in [2.05, 4.69) is 15.9 Å². The Morgan fingerprint density at radius 1 is 1.39 bits per heavy atom. The Morgan fingerprint density at radius 3 is 2.57 bits per heavy atom. The van der Waals surface area contributed by atoms with Crippen LogP contribution in [-0.4, -0.2) is 25.8 Å². The molecule has 1 aromatic rings. The lowest BCUT2D eigenvalue weighted by Gasteiger charge is -2.24. The van der Waals surface area contributed by atoms with Crippen molar-refractivity contribution < 1.29 is 43.1 Å². The summed E-state index contributed by atoms with van der Waals surface area (Å²) in [6, 6.07) is 4.78. The van der Waals surface area contributed by atoms with Crippen LogP contribution in [0, 0.1) is 0 Å². The molecular formula is C13H13Br2F3N2O2S. The number of hydrogen-bond acceptors (Lipinski definition) is 3. The van der Waals surface area contributed by atoms with Crippen LogP contribution in [0.1, 0.15) is 0 Å². The van der Waals surface area contributed by atoms with Crippen LogP contribution in [0.2, 0.25) is 0 Å². The maximum atomic E-state index is 13.8. The van der Waals surface area contributed by atoms with Crippen LogP contribution in [0.3, 0.4) is 0 Å². The molecule has 0 radical (unpaired) electrons. The average molecular weight is 478 g/mol. The number of allylic oxidation sites excluding steroid dienone is 2. The van der Waals surface area contributed by atoms with Gasteiger partial charge in [0.05, 0.1) is 6.20 Å². The second kappa shape index (κ2) is 7.35. The summed E-state index contributed by atoms with van der Waals surface area (Å²) in [4.78, 5) is 0. The highest BCUT2D eigenvalue weighted by Crippen LogP contribution is 2.35. The molecule has 0 saturated heterocycles. The van der Waals surface area contributed by atoms with Gasteiger partial charge in [-0.3, -0.25) is 5.73 Å². The summed E-state index contributed by atoms with van der Waals surface area (Å²) in [6.07, 6.45) is 0.280. The first kappa shape index (κ1) is 20.2. The van der Waals surface area contributed by atoms with Gasteiger partial charge in [-0.1, -0.05) is 28.1 Å². The summed E-state index contributed by atoms with van der Waals surface area (Å²) in [5.74, 6) is -0.218. The normalized spacial score (nSPS) is 24.2. The number of alkyl halides is 3. The smallest absolute Gasteiger partial charge is 0.279 e. The Kier molecular flexibility index (Phi) is 6.45. The van der Waals surface area contributed by atoms with Crippen LogP contribution in [0.5, 0.6) is 0 Å². The van der Waals surface area contributed by atoms with Gasteiger partial charge in [0.2, 0.25) is 5.67 Å². The number of sulfone groups is 1. The Bertz CT molecular complexity index is 740. The van der Waals surface area contributed by atoms with E-state index in [1.54, 1.807) is 12.1 Å². The highest BCUT2D eigenvalue weighted by molar-refractivity contribution is 9.11. The Labute approximate surface area is 150 Å².